The van der Waals surface area contributed by atoms with Gasteiger partial charge in [-0.05, 0) is 24.3 Å². The number of hydrogen-bond acceptors (Lipinski definition) is 5. The number of carbonyl (C=O) groups excluding carboxylic acids is 1. The van der Waals surface area contributed by atoms with E-state index in [4.69, 9.17) is 27.9 Å². The average molecular weight is 365 g/mol. The number of rotatable bonds is 5. The van der Waals surface area contributed by atoms with Crippen molar-refractivity contribution < 1.29 is 17.9 Å². The number of thiophene rings is 1. The van der Waals surface area contributed by atoms with Crippen LogP contribution in [0.4, 0.5) is 0 Å². The molecule has 8 heteroatoms. The molecule has 0 fully saturated rings. The molecular weight excluding hydrogens is 355 g/mol. The fourth-order valence-corrected chi connectivity index (χ4v) is 3.71. The standard InChI is InChI=1S/C13H10Cl2O4S2/c1-21(17,18)9-4-2-3-8(5-9)19-7-11(16)10-6-12(14)20-13(10)15/h2-6H,7H2,1H3. The minimum absolute atomic E-state index is 0.129. The number of Topliss-reactive ketones (excluding diaryl/α,β-unsaturated/α-hetero) is 1. The van der Waals surface area contributed by atoms with Gasteiger partial charge in [-0.15, -0.1) is 11.3 Å². The first kappa shape index (κ1) is 16.3. The van der Waals surface area contributed by atoms with Crippen LogP contribution in [0.2, 0.25) is 8.67 Å². The Morgan fingerprint density at radius 1 is 1.29 bits per heavy atom. The molecule has 2 rings (SSSR count). The van der Waals surface area contributed by atoms with Gasteiger partial charge in [-0.1, -0.05) is 29.3 Å². The van der Waals surface area contributed by atoms with Crippen molar-refractivity contribution in [1.29, 1.82) is 0 Å². The Bertz CT molecular complexity index is 781. The highest BCUT2D eigenvalue weighted by Crippen LogP contribution is 2.31. The van der Waals surface area contributed by atoms with Crippen LogP contribution < -0.4 is 4.74 Å². The smallest absolute Gasteiger partial charge is 0.202 e. The fourth-order valence-electron chi connectivity index (χ4n) is 1.55. The SMILES string of the molecule is CS(=O)(=O)c1cccc(OCC(=O)c2cc(Cl)sc2Cl)c1. The lowest BCUT2D eigenvalue weighted by Gasteiger charge is -2.06. The molecule has 0 atom stereocenters. The van der Waals surface area contributed by atoms with Crippen molar-refractivity contribution in [3.05, 3.63) is 44.6 Å². The van der Waals surface area contributed by atoms with Crippen molar-refractivity contribution in [2.24, 2.45) is 0 Å². The number of ether oxygens (including phenoxy) is 1. The highest BCUT2D eigenvalue weighted by Gasteiger charge is 2.15. The minimum atomic E-state index is -3.32. The van der Waals surface area contributed by atoms with Gasteiger partial charge in [-0.2, -0.15) is 0 Å². The molecule has 0 N–H and O–H groups in total. The van der Waals surface area contributed by atoms with E-state index >= 15 is 0 Å². The molecule has 1 heterocycles. The average Bonchev–Trinajstić information content (AvgIpc) is 2.74. The van der Waals surface area contributed by atoms with Crippen LogP contribution in [0, 0.1) is 0 Å². The Morgan fingerprint density at radius 2 is 2.00 bits per heavy atom. The van der Waals surface area contributed by atoms with Gasteiger partial charge in [-0.25, -0.2) is 8.42 Å². The number of hydrogen-bond donors (Lipinski definition) is 0. The molecule has 0 bridgehead atoms. The van der Waals surface area contributed by atoms with Crippen LogP contribution in [0.1, 0.15) is 10.4 Å². The van der Waals surface area contributed by atoms with Gasteiger partial charge in [-0.3, -0.25) is 4.79 Å². The van der Waals surface area contributed by atoms with E-state index < -0.39 is 9.84 Å². The van der Waals surface area contributed by atoms with Gasteiger partial charge >= 0.3 is 0 Å². The third kappa shape index (κ3) is 4.20. The summed E-state index contributed by atoms with van der Waals surface area (Å²) in [4.78, 5) is 12.1. The van der Waals surface area contributed by atoms with Crippen molar-refractivity contribution in [1.82, 2.24) is 0 Å². The quantitative estimate of drug-likeness (QED) is 0.758. The van der Waals surface area contributed by atoms with E-state index in [-0.39, 0.29) is 17.3 Å². The fraction of sp³-hybridized carbons (Fsp3) is 0.154. The van der Waals surface area contributed by atoms with Gasteiger partial charge in [0.05, 0.1) is 14.8 Å². The van der Waals surface area contributed by atoms with Gasteiger partial charge < -0.3 is 4.74 Å². The van der Waals surface area contributed by atoms with E-state index in [2.05, 4.69) is 0 Å². The molecular formula is C13H10Cl2O4S2. The van der Waals surface area contributed by atoms with Crippen LogP contribution in [-0.2, 0) is 9.84 Å². The van der Waals surface area contributed by atoms with Gasteiger partial charge in [0.2, 0.25) is 5.78 Å². The summed E-state index contributed by atoms with van der Waals surface area (Å²) in [5.41, 5.74) is 0.297. The summed E-state index contributed by atoms with van der Waals surface area (Å²) in [6.45, 7) is -0.250. The Labute approximate surface area is 136 Å². The van der Waals surface area contributed by atoms with Crippen LogP contribution in [-0.4, -0.2) is 27.1 Å². The molecule has 4 nitrogen and oxygen atoms in total. The molecule has 0 aliphatic rings. The zero-order valence-electron chi connectivity index (χ0n) is 10.8. The summed E-state index contributed by atoms with van der Waals surface area (Å²) in [7, 11) is -3.32. The first-order chi connectivity index (χ1) is 9.77. The highest BCUT2D eigenvalue weighted by atomic mass is 35.5. The monoisotopic (exact) mass is 364 g/mol. The first-order valence-corrected chi connectivity index (χ1v) is 9.14. The van der Waals surface area contributed by atoms with E-state index in [0.29, 0.717) is 20.0 Å². The van der Waals surface area contributed by atoms with Crippen LogP contribution in [0.5, 0.6) is 5.75 Å². The molecule has 0 saturated heterocycles. The van der Waals surface area contributed by atoms with Gasteiger partial charge in [0, 0.05) is 6.26 Å². The van der Waals surface area contributed by atoms with Crippen LogP contribution in [0.25, 0.3) is 0 Å². The number of benzene rings is 1. The lowest BCUT2D eigenvalue weighted by atomic mass is 10.2. The van der Waals surface area contributed by atoms with Gasteiger partial charge in [0.15, 0.2) is 16.4 Å². The Hall–Kier alpha value is -1.08. The molecule has 0 radical (unpaired) electrons. The molecule has 0 aliphatic heterocycles. The molecule has 1 aromatic heterocycles. The molecule has 0 aliphatic carbocycles. The van der Waals surface area contributed by atoms with Gasteiger partial charge in [0.1, 0.15) is 10.1 Å². The number of halogens is 2. The normalized spacial score (nSPS) is 11.4. The number of carbonyl (C=O) groups is 1. The second-order valence-corrected chi connectivity index (χ2v) is 8.50. The first-order valence-electron chi connectivity index (χ1n) is 5.68. The highest BCUT2D eigenvalue weighted by molar-refractivity contribution is 7.90. The minimum Gasteiger partial charge on any atom is -0.485 e. The molecule has 0 spiro atoms. The lowest BCUT2D eigenvalue weighted by Crippen LogP contribution is -2.11. The Balaban J connectivity index is 2.10. The largest absolute Gasteiger partial charge is 0.485 e. The van der Waals surface area contributed by atoms with E-state index in [1.54, 1.807) is 12.1 Å². The maximum absolute atomic E-state index is 12.0. The third-order valence-electron chi connectivity index (χ3n) is 2.56. The molecule has 0 amide bonds. The zero-order chi connectivity index (χ0) is 15.6. The van der Waals surface area contributed by atoms with Crippen LogP contribution in [0.15, 0.2) is 35.2 Å². The summed E-state index contributed by atoms with van der Waals surface area (Å²) in [5.74, 6) is -0.0309. The van der Waals surface area contributed by atoms with E-state index in [1.165, 1.54) is 18.2 Å². The third-order valence-corrected chi connectivity index (χ3v) is 5.16. The molecule has 1 aromatic carbocycles. The summed E-state index contributed by atoms with van der Waals surface area (Å²) in [6.07, 6.45) is 1.10. The number of sulfone groups is 1. The van der Waals surface area contributed by atoms with Crippen molar-refractivity contribution in [2.75, 3.05) is 12.9 Å². The van der Waals surface area contributed by atoms with Crippen LogP contribution in [0.3, 0.4) is 0 Å². The molecule has 0 unspecified atom stereocenters. The van der Waals surface area contributed by atoms with Gasteiger partial charge in [0.25, 0.3) is 0 Å². The maximum Gasteiger partial charge on any atom is 0.202 e. The maximum atomic E-state index is 12.0. The van der Waals surface area contributed by atoms with Crippen LogP contribution >= 0.6 is 34.5 Å². The number of ketones is 1. The molecule has 0 saturated carbocycles. The summed E-state index contributed by atoms with van der Waals surface area (Å²) in [5, 5.41) is 0. The zero-order valence-corrected chi connectivity index (χ0v) is 13.9. The summed E-state index contributed by atoms with van der Waals surface area (Å²) in [6, 6.07) is 7.42. The predicted molar refractivity (Wildman–Crippen MR) is 83.7 cm³/mol. The predicted octanol–water partition coefficient (Wildman–Crippen LogP) is 3.72. The Morgan fingerprint density at radius 3 is 2.57 bits per heavy atom. The van der Waals surface area contributed by atoms with Crippen molar-refractivity contribution >= 4 is 50.2 Å². The van der Waals surface area contributed by atoms with Crippen molar-refractivity contribution in [3.8, 4) is 5.75 Å². The summed E-state index contributed by atoms with van der Waals surface area (Å²) >= 11 is 12.8. The van der Waals surface area contributed by atoms with E-state index in [1.807, 2.05) is 0 Å². The van der Waals surface area contributed by atoms with Crippen molar-refractivity contribution in [3.63, 3.8) is 0 Å². The van der Waals surface area contributed by atoms with E-state index in [9.17, 15) is 13.2 Å². The Kier molecular flexibility index (Phi) is 4.93. The summed E-state index contributed by atoms with van der Waals surface area (Å²) < 4.78 is 28.9. The topological polar surface area (TPSA) is 60.4 Å². The molecule has 2 aromatic rings. The molecule has 112 valence electrons. The van der Waals surface area contributed by atoms with Crippen molar-refractivity contribution in [2.45, 2.75) is 4.90 Å². The second-order valence-electron chi connectivity index (χ2n) is 4.20. The second kappa shape index (κ2) is 6.36. The van der Waals surface area contributed by atoms with E-state index in [0.717, 1.165) is 17.6 Å². The molecule has 21 heavy (non-hydrogen) atoms. The lowest BCUT2D eigenvalue weighted by molar-refractivity contribution is 0.0922.